The first-order chi connectivity index (χ1) is 13.5. The van der Waals surface area contributed by atoms with Gasteiger partial charge in [-0.3, -0.25) is 4.79 Å². The normalized spacial score (nSPS) is 22.2. The van der Waals surface area contributed by atoms with E-state index in [0.717, 1.165) is 12.1 Å². The van der Waals surface area contributed by atoms with Crippen molar-refractivity contribution in [2.75, 3.05) is 7.11 Å². The molecule has 1 N–H and O–H groups in total. The maximum atomic E-state index is 13.9. The Kier molecular flexibility index (Phi) is 6.69. The van der Waals surface area contributed by atoms with E-state index in [1.807, 2.05) is 0 Å². The standard InChI is InChI=1S/C23H24F2O4/c1-15(12-21(27)29-4)10-11-23(28)16(13-17(26)14-22(23,2)3)8-9-18-19(24)6-5-7-20(18)25/h5-13,28H,14H2,1-4H3/b9-8+,11-10+,15-12-/t23-/m1/s1. The minimum Gasteiger partial charge on any atom is -0.466 e. The lowest BCUT2D eigenvalue weighted by Crippen LogP contribution is -2.48. The number of hydrogen-bond donors (Lipinski definition) is 1. The monoisotopic (exact) mass is 402 g/mol. The number of hydrogen-bond acceptors (Lipinski definition) is 4. The predicted molar refractivity (Wildman–Crippen MR) is 107 cm³/mol. The van der Waals surface area contributed by atoms with Gasteiger partial charge in [-0.15, -0.1) is 0 Å². The fourth-order valence-electron chi connectivity index (χ4n) is 3.18. The first kappa shape index (κ1) is 22.4. The van der Waals surface area contributed by atoms with Gasteiger partial charge < -0.3 is 9.84 Å². The van der Waals surface area contributed by atoms with Crippen LogP contribution in [0.2, 0.25) is 0 Å². The van der Waals surface area contributed by atoms with Crippen LogP contribution < -0.4 is 0 Å². The Morgan fingerprint density at radius 2 is 1.83 bits per heavy atom. The third-order valence-electron chi connectivity index (χ3n) is 4.97. The highest BCUT2D eigenvalue weighted by atomic mass is 19.1. The van der Waals surface area contributed by atoms with Gasteiger partial charge in [-0.05, 0) is 48.4 Å². The lowest BCUT2D eigenvalue weighted by Gasteiger charge is -2.44. The summed E-state index contributed by atoms with van der Waals surface area (Å²) in [6.45, 7) is 5.10. The van der Waals surface area contributed by atoms with Crippen LogP contribution >= 0.6 is 0 Å². The second-order valence-electron chi connectivity index (χ2n) is 7.61. The molecule has 4 nitrogen and oxygen atoms in total. The quantitative estimate of drug-likeness (QED) is 0.453. The van der Waals surface area contributed by atoms with Gasteiger partial charge in [0.1, 0.15) is 17.2 Å². The zero-order chi connectivity index (χ0) is 21.8. The van der Waals surface area contributed by atoms with Crippen LogP contribution in [0.25, 0.3) is 6.08 Å². The van der Waals surface area contributed by atoms with E-state index < -0.39 is 28.6 Å². The molecule has 6 heteroatoms. The Morgan fingerprint density at radius 1 is 1.21 bits per heavy atom. The highest BCUT2D eigenvalue weighted by Crippen LogP contribution is 2.45. The number of carbonyl (C=O) groups is 2. The zero-order valence-corrected chi connectivity index (χ0v) is 16.8. The molecule has 0 bridgehead atoms. The molecule has 1 atom stereocenters. The highest BCUT2D eigenvalue weighted by Gasteiger charge is 2.47. The van der Waals surface area contributed by atoms with Crippen LogP contribution in [0.15, 0.2) is 59.7 Å². The molecule has 0 aromatic heterocycles. The number of halogens is 2. The molecule has 0 fully saturated rings. The molecule has 0 spiro atoms. The van der Waals surface area contributed by atoms with Gasteiger partial charge in [-0.25, -0.2) is 13.6 Å². The molecule has 1 aliphatic rings. The van der Waals surface area contributed by atoms with E-state index in [1.165, 1.54) is 43.6 Å². The smallest absolute Gasteiger partial charge is 0.330 e. The number of ketones is 1. The molecule has 1 aromatic carbocycles. The largest absolute Gasteiger partial charge is 0.466 e. The molecule has 0 saturated heterocycles. The van der Waals surface area contributed by atoms with Crippen LogP contribution in [0.3, 0.4) is 0 Å². The highest BCUT2D eigenvalue weighted by molar-refractivity contribution is 5.94. The molecule has 0 aliphatic heterocycles. The SMILES string of the molecule is COC(=O)/C=C(C)\C=C\[C@@]1(O)C(/C=C/c2c(F)cccc2F)=CC(=O)CC1(C)C. The number of ether oxygens (including phenoxy) is 1. The van der Waals surface area contributed by atoms with E-state index >= 15 is 0 Å². The fourth-order valence-corrected chi connectivity index (χ4v) is 3.18. The van der Waals surface area contributed by atoms with E-state index in [4.69, 9.17) is 0 Å². The van der Waals surface area contributed by atoms with Crippen molar-refractivity contribution in [1.29, 1.82) is 0 Å². The second kappa shape index (κ2) is 8.66. The van der Waals surface area contributed by atoms with Crippen LogP contribution in [-0.2, 0) is 14.3 Å². The van der Waals surface area contributed by atoms with E-state index in [9.17, 15) is 23.5 Å². The molecule has 0 saturated carbocycles. The van der Waals surface area contributed by atoms with Crippen molar-refractivity contribution < 1.29 is 28.2 Å². The Morgan fingerprint density at radius 3 is 2.41 bits per heavy atom. The third kappa shape index (κ3) is 4.95. The molecular weight excluding hydrogens is 378 g/mol. The van der Waals surface area contributed by atoms with Crippen molar-refractivity contribution in [3.05, 3.63) is 76.9 Å². The van der Waals surface area contributed by atoms with Crippen LogP contribution in [-0.4, -0.2) is 29.6 Å². The molecule has 1 aliphatic carbocycles. The molecule has 2 rings (SSSR count). The summed E-state index contributed by atoms with van der Waals surface area (Å²) >= 11 is 0. The number of methoxy groups -OCH3 is 1. The molecule has 1 aromatic rings. The molecule has 154 valence electrons. The van der Waals surface area contributed by atoms with Gasteiger partial charge in [0.05, 0.1) is 7.11 Å². The Bertz CT molecular complexity index is 918. The van der Waals surface area contributed by atoms with Gasteiger partial charge in [-0.2, -0.15) is 0 Å². The van der Waals surface area contributed by atoms with Gasteiger partial charge >= 0.3 is 5.97 Å². The predicted octanol–water partition coefficient (Wildman–Crippen LogP) is 4.31. The number of aliphatic hydroxyl groups is 1. The lowest BCUT2D eigenvalue weighted by molar-refractivity contribution is -0.134. The summed E-state index contributed by atoms with van der Waals surface area (Å²) in [5.41, 5.74) is -2.04. The van der Waals surface area contributed by atoms with Crippen LogP contribution in [0.4, 0.5) is 8.78 Å². The zero-order valence-electron chi connectivity index (χ0n) is 16.8. The summed E-state index contributed by atoms with van der Waals surface area (Å²) in [7, 11) is 1.26. The number of benzene rings is 1. The van der Waals surface area contributed by atoms with Crippen molar-refractivity contribution in [2.45, 2.75) is 32.8 Å². The summed E-state index contributed by atoms with van der Waals surface area (Å²) < 4.78 is 32.4. The van der Waals surface area contributed by atoms with Gasteiger partial charge in [-0.1, -0.05) is 32.1 Å². The van der Waals surface area contributed by atoms with Crippen molar-refractivity contribution in [3.63, 3.8) is 0 Å². The molecule has 29 heavy (non-hydrogen) atoms. The van der Waals surface area contributed by atoms with Crippen LogP contribution in [0, 0.1) is 17.0 Å². The summed E-state index contributed by atoms with van der Waals surface area (Å²) in [4.78, 5) is 23.6. The number of allylic oxidation sites excluding steroid dienone is 3. The van der Waals surface area contributed by atoms with Gasteiger partial charge in [0, 0.05) is 23.5 Å². The number of carbonyl (C=O) groups excluding carboxylic acids is 2. The Balaban J connectivity index is 2.49. The maximum Gasteiger partial charge on any atom is 0.330 e. The number of esters is 1. The van der Waals surface area contributed by atoms with Crippen molar-refractivity contribution >= 4 is 17.8 Å². The van der Waals surface area contributed by atoms with Gasteiger partial charge in [0.25, 0.3) is 0 Å². The van der Waals surface area contributed by atoms with E-state index in [0.29, 0.717) is 5.57 Å². The Labute approximate surface area is 168 Å². The Hall–Kier alpha value is -2.86. The van der Waals surface area contributed by atoms with Crippen molar-refractivity contribution in [1.82, 2.24) is 0 Å². The minimum absolute atomic E-state index is 0.0823. The van der Waals surface area contributed by atoms with Crippen LogP contribution in [0.1, 0.15) is 32.8 Å². The first-order valence-electron chi connectivity index (χ1n) is 9.05. The van der Waals surface area contributed by atoms with E-state index in [-0.39, 0.29) is 23.3 Å². The molecule has 0 radical (unpaired) electrons. The first-order valence-corrected chi connectivity index (χ1v) is 9.05. The minimum atomic E-state index is -1.61. The van der Waals surface area contributed by atoms with E-state index in [1.54, 1.807) is 26.8 Å². The van der Waals surface area contributed by atoms with Gasteiger partial charge in [0.2, 0.25) is 0 Å². The van der Waals surface area contributed by atoms with Crippen molar-refractivity contribution in [3.8, 4) is 0 Å². The summed E-state index contributed by atoms with van der Waals surface area (Å²) in [5, 5.41) is 11.4. The maximum absolute atomic E-state index is 13.9. The van der Waals surface area contributed by atoms with Gasteiger partial charge in [0.15, 0.2) is 5.78 Å². The topological polar surface area (TPSA) is 63.6 Å². The van der Waals surface area contributed by atoms with Crippen LogP contribution in [0.5, 0.6) is 0 Å². The average Bonchev–Trinajstić information content (AvgIpc) is 2.63. The fraction of sp³-hybridized carbons (Fsp3) is 0.304. The average molecular weight is 402 g/mol. The van der Waals surface area contributed by atoms with Crippen molar-refractivity contribution in [2.24, 2.45) is 5.41 Å². The summed E-state index contributed by atoms with van der Waals surface area (Å²) in [6, 6.07) is 3.50. The molecule has 0 heterocycles. The second-order valence-corrected chi connectivity index (χ2v) is 7.61. The lowest BCUT2D eigenvalue weighted by atomic mass is 9.64. The third-order valence-corrected chi connectivity index (χ3v) is 4.97. The number of rotatable bonds is 5. The molecule has 0 amide bonds. The molecular formula is C23H24F2O4. The summed E-state index contributed by atoms with van der Waals surface area (Å²) in [6.07, 6.45) is 8.16. The summed E-state index contributed by atoms with van der Waals surface area (Å²) in [5.74, 6) is -2.25. The van der Waals surface area contributed by atoms with E-state index in [2.05, 4.69) is 4.74 Å². The molecule has 0 unspecified atom stereocenters.